The molecule has 1 saturated heterocycles. The van der Waals surface area contributed by atoms with Crippen molar-refractivity contribution in [2.75, 3.05) is 58.3 Å². The van der Waals surface area contributed by atoms with Crippen molar-refractivity contribution in [2.24, 2.45) is 0 Å². The molecule has 5 nitrogen and oxygen atoms in total. The predicted molar refractivity (Wildman–Crippen MR) is 121 cm³/mol. The first-order valence-corrected chi connectivity index (χ1v) is 10.5. The van der Waals surface area contributed by atoms with Gasteiger partial charge in [-0.25, -0.2) is 0 Å². The van der Waals surface area contributed by atoms with Crippen LogP contribution >= 0.6 is 0 Å². The van der Waals surface area contributed by atoms with E-state index in [-0.39, 0.29) is 5.91 Å². The number of piperazine rings is 1. The molecule has 1 aliphatic heterocycles. The molecular formula is C24H34N4O. The summed E-state index contributed by atoms with van der Waals surface area (Å²) in [6.45, 7) is 11.1. The van der Waals surface area contributed by atoms with Crippen molar-refractivity contribution < 1.29 is 4.79 Å². The number of hydrogen-bond acceptors (Lipinski definition) is 4. The minimum Gasteiger partial charge on any atom is -0.369 e. The first-order chi connectivity index (χ1) is 13.9. The lowest BCUT2D eigenvalue weighted by molar-refractivity contribution is 0.0951. The normalized spacial score (nSPS) is 15.0. The van der Waals surface area contributed by atoms with E-state index in [4.69, 9.17) is 0 Å². The van der Waals surface area contributed by atoms with Crippen molar-refractivity contribution in [3.05, 3.63) is 64.7 Å². The van der Waals surface area contributed by atoms with Gasteiger partial charge in [0.05, 0.1) is 0 Å². The summed E-state index contributed by atoms with van der Waals surface area (Å²) in [5.41, 5.74) is 6.10. The van der Waals surface area contributed by atoms with E-state index in [1.165, 1.54) is 22.4 Å². The Bertz CT molecular complexity index is 808. The van der Waals surface area contributed by atoms with Crippen molar-refractivity contribution in [3.63, 3.8) is 0 Å². The Hall–Kier alpha value is -2.37. The van der Waals surface area contributed by atoms with Gasteiger partial charge in [-0.1, -0.05) is 24.3 Å². The molecule has 156 valence electrons. The van der Waals surface area contributed by atoms with Crippen LogP contribution in [0.2, 0.25) is 0 Å². The molecule has 0 atom stereocenters. The fourth-order valence-corrected chi connectivity index (χ4v) is 3.74. The van der Waals surface area contributed by atoms with Crippen LogP contribution in [0.25, 0.3) is 0 Å². The van der Waals surface area contributed by atoms with E-state index in [1.54, 1.807) is 0 Å². The van der Waals surface area contributed by atoms with E-state index in [0.717, 1.165) is 44.8 Å². The number of carbonyl (C=O) groups is 1. The van der Waals surface area contributed by atoms with E-state index < -0.39 is 0 Å². The molecule has 1 N–H and O–H groups in total. The smallest absolute Gasteiger partial charge is 0.251 e. The Labute approximate surface area is 175 Å². The Morgan fingerprint density at radius 3 is 2.34 bits per heavy atom. The SMILES string of the molecule is Cc1cccc(N2CCN(Cc3ccc(C(=O)NCCN(C)C)cc3)CC2)c1C. The van der Waals surface area contributed by atoms with E-state index in [0.29, 0.717) is 6.54 Å². The maximum Gasteiger partial charge on any atom is 0.251 e. The fraction of sp³-hybridized carbons (Fsp3) is 0.458. The van der Waals surface area contributed by atoms with Crippen LogP contribution in [0.5, 0.6) is 0 Å². The van der Waals surface area contributed by atoms with E-state index in [2.05, 4.69) is 64.2 Å². The van der Waals surface area contributed by atoms with Crippen LogP contribution in [0.4, 0.5) is 5.69 Å². The van der Waals surface area contributed by atoms with Gasteiger partial charge in [0.1, 0.15) is 0 Å². The lowest BCUT2D eigenvalue weighted by Gasteiger charge is -2.37. The summed E-state index contributed by atoms with van der Waals surface area (Å²) in [5, 5.41) is 2.96. The minimum atomic E-state index is 0.000499. The predicted octanol–water partition coefficient (Wildman–Crippen LogP) is 2.92. The number of hydrogen-bond donors (Lipinski definition) is 1. The lowest BCUT2D eigenvalue weighted by atomic mass is 10.1. The number of rotatable bonds is 7. The summed E-state index contributed by atoms with van der Waals surface area (Å²) in [7, 11) is 4.01. The minimum absolute atomic E-state index is 0.000499. The number of likely N-dealkylation sites (N-methyl/N-ethyl adjacent to an activating group) is 1. The molecule has 0 aromatic heterocycles. The number of nitrogens with zero attached hydrogens (tertiary/aromatic N) is 3. The summed E-state index contributed by atoms with van der Waals surface area (Å²) in [4.78, 5) is 19.3. The van der Waals surface area contributed by atoms with E-state index in [1.807, 2.05) is 26.2 Å². The molecule has 0 bridgehead atoms. The zero-order valence-corrected chi connectivity index (χ0v) is 18.2. The Balaban J connectivity index is 1.49. The van der Waals surface area contributed by atoms with Crippen LogP contribution < -0.4 is 10.2 Å². The third-order valence-electron chi connectivity index (χ3n) is 5.76. The molecule has 29 heavy (non-hydrogen) atoms. The van der Waals surface area contributed by atoms with Gasteiger partial charge in [-0.3, -0.25) is 9.69 Å². The summed E-state index contributed by atoms with van der Waals surface area (Å²) in [6.07, 6.45) is 0. The third-order valence-corrected chi connectivity index (χ3v) is 5.76. The van der Waals surface area contributed by atoms with Crippen molar-refractivity contribution in [3.8, 4) is 0 Å². The second-order valence-corrected chi connectivity index (χ2v) is 8.24. The van der Waals surface area contributed by atoms with Crippen molar-refractivity contribution in [2.45, 2.75) is 20.4 Å². The molecular weight excluding hydrogens is 360 g/mol. The van der Waals surface area contributed by atoms with Gasteiger partial charge >= 0.3 is 0 Å². The van der Waals surface area contributed by atoms with Crippen LogP contribution in [0.1, 0.15) is 27.0 Å². The monoisotopic (exact) mass is 394 g/mol. The maximum atomic E-state index is 12.2. The number of carbonyl (C=O) groups excluding carboxylic acids is 1. The summed E-state index contributed by atoms with van der Waals surface area (Å²) >= 11 is 0. The number of nitrogens with one attached hydrogen (secondary N) is 1. The summed E-state index contributed by atoms with van der Waals surface area (Å²) in [6, 6.07) is 14.6. The van der Waals surface area contributed by atoms with Crippen LogP contribution in [0, 0.1) is 13.8 Å². The highest BCUT2D eigenvalue weighted by Crippen LogP contribution is 2.24. The molecule has 0 unspecified atom stereocenters. The van der Waals surface area contributed by atoms with Crippen LogP contribution in [0.15, 0.2) is 42.5 Å². The molecule has 0 spiro atoms. The van der Waals surface area contributed by atoms with Crippen molar-refractivity contribution in [1.82, 2.24) is 15.1 Å². The van der Waals surface area contributed by atoms with Crippen molar-refractivity contribution >= 4 is 11.6 Å². The first-order valence-electron chi connectivity index (χ1n) is 10.5. The molecule has 1 amide bonds. The molecule has 0 saturated carbocycles. The van der Waals surface area contributed by atoms with Crippen LogP contribution in [-0.4, -0.2) is 69.1 Å². The highest BCUT2D eigenvalue weighted by Gasteiger charge is 2.19. The van der Waals surface area contributed by atoms with Gasteiger partial charge in [-0.05, 0) is 62.8 Å². The molecule has 2 aromatic carbocycles. The second-order valence-electron chi connectivity index (χ2n) is 8.24. The zero-order chi connectivity index (χ0) is 20.8. The maximum absolute atomic E-state index is 12.2. The first kappa shape index (κ1) is 21.3. The van der Waals surface area contributed by atoms with Gasteiger partial charge < -0.3 is 15.1 Å². The number of anilines is 1. The molecule has 1 aliphatic rings. The van der Waals surface area contributed by atoms with Crippen molar-refractivity contribution in [1.29, 1.82) is 0 Å². The molecule has 5 heteroatoms. The van der Waals surface area contributed by atoms with Gasteiger partial charge in [0.25, 0.3) is 5.91 Å². The van der Waals surface area contributed by atoms with Gasteiger partial charge in [-0.2, -0.15) is 0 Å². The average Bonchev–Trinajstić information content (AvgIpc) is 2.71. The average molecular weight is 395 g/mol. The van der Waals surface area contributed by atoms with Gasteiger partial charge in [0, 0.05) is 57.1 Å². The van der Waals surface area contributed by atoms with Gasteiger partial charge in [0.15, 0.2) is 0 Å². The molecule has 1 fully saturated rings. The zero-order valence-electron chi connectivity index (χ0n) is 18.2. The lowest BCUT2D eigenvalue weighted by Crippen LogP contribution is -2.46. The van der Waals surface area contributed by atoms with E-state index >= 15 is 0 Å². The third kappa shape index (κ3) is 5.81. The Morgan fingerprint density at radius 2 is 1.69 bits per heavy atom. The van der Waals surface area contributed by atoms with E-state index in [9.17, 15) is 4.79 Å². The van der Waals surface area contributed by atoms with Crippen LogP contribution in [0.3, 0.4) is 0 Å². The van der Waals surface area contributed by atoms with Gasteiger partial charge in [-0.15, -0.1) is 0 Å². The summed E-state index contributed by atoms with van der Waals surface area (Å²) in [5.74, 6) is 0.000499. The highest BCUT2D eigenvalue weighted by atomic mass is 16.1. The largest absolute Gasteiger partial charge is 0.369 e. The fourth-order valence-electron chi connectivity index (χ4n) is 3.74. The number of amides is 1. The number of aryl methyl sites for hydroxylation is 1. The molecule has 1 heterocycles. The Morgan fingerprint density at radius 1 is 1.00 bits per heavy atom. The molecule has 3 rings (SSSR count). The standard InChI is InChI=1S/C24H34N4O/c1-19-6-5-7-23(20(19)2)28-16-14-27(15-17-28)18-21-8-10-22(11-9-21)24(29)25-12-13-26(3)4/h5-11H,12-18H2,1-4H3,(H,25,29). The summed E-state index contributed by atoms with van der Waals surface area (Å²) < 4.78 is 0. The topological polar surface area (TPSA) is 38.8 Å². The second kappa shape index (κ2) is 9.90. The molecule has 0 radical (unpaired) electrons. The molecule has 2 aromatic rings. The number of benzene rings is 2. The Kier molecular flexibility index (Phi) is 7.29. The highest BCUT2D eigenvalue weighted by molar-refractivity contribution is 5.94. The quantitative estimate of drug-likeness (QED) is 0.784. The van der Waals surface area contributed by atoms with Gasteiger partial charge in [0.2, 0.25) is 0 Å². The molecule has 0 aliphatic carbocycles. The van der Waals surface area contributed by atoms with Crippen LogP contribution in [-0.2, 0) is 6.54 Å².